The van der Waals surface area contributed by atoms with Crippen LogP contribution in [0, 0.1) is 0 Å². The molecule has 3 heterocycles. The summed E-state index contributed by atoms with van der Waals surface area (Å²) in [6.45, 7) is 8.14. The van der Waals surface area contributed by atoms with Crippen LogP contribution < -0.4 is 4.90 Å². The van der Waals surface area contributed by atoms with Crippen LogP contribution in [0.15, 0.2) is 12.1 Å². The van der Waals surface area contributed by atoms with Gasteiger partial charge in [-0.25, -0.2) is 4.79 Å². The van der Waals surface area contributed by atoms with Crippen LogP contribution in [0.3, 0.4) is 0 Å². The molecule has 8 heteroatoms. The molecule has 2 aliphatic heterocycles. The molecule has 2 atom stereocenters. The molecule has 0 saturated carbocycles. The highest BCUT2D eigenvalue weighted by Crippen LogP contribution is 2.27. The number of likely N-dealkylation sites (tertiary alicyclic amines) is 1. The van der Waals surface area contributed by atoms with Gasteiger partial charge in [-0.05, 0) is 39.3 Å². The zero-order valence-electron chi connectivity index (χ0n) is 14.2. The van der Waals surface area contributed by atoms with Crippen molar-refractivity contribution in [3.05, 3.63) is 17.3 Å². The molecule has 0 unspecified atom stereocenters. The van der Waals surface area contributed by atoms with E-state index in [4.69, 9.17) is 21.1 Å². The number of aromatic nitrogens is 2. The molecule has 1 aromatic rings. The second kappa shape index (κ2) is 6.72. The highest BCUT2D eigenvalue weighted by atomic mass is 35.5. The Morgan fingerprint density at radius 2 is 2.12 bits per heavy atom. The second-order valence-corrected chi connectivity index (χ2v) is 7.49. The number of anilines is 1. The Balaban J connectivity index is 1.74. The third-order valence-electron chi connectivity index (χ3n) is 4.15. The Morgan fingerprint density at radius 1 is 1.33 bits per heavy atom. The van der Waals surface area contributed by atoms with Crippen molar-refractivity contribution in [2.24, 2.45) is 0 Å². The van der Waals surface area contributed by atoms with Crippen molar-refractivity contribution in [3.8, 4) is 0 Å². The van der Waals surface area contributed by atoms with Crippen LogP contribution in [0.25, 0.3) is 0 Å². The van der Waals surface area contributed by atoms with E-state index >= 15 is 0 Å². The number of hydrogen-bond donors (Lipinski definition) is 0. The zero-order chi connectivity index (χ0) is 17.3. The monoisotopic (exact) mass is 354 g/mol. The number of carbonyl (C=O) groups excluding carboxylic acids is 1. The summed E-state index contributed by atoms with van der Waals surface area (Å²) in [6, 6.07) is 3.61. The van der Waals surface area contributed by atoms with Gasteiger partial charge in [0.25, 0.3) is 0 Å². The number of morpholine rings is 1. The third kappa shape index (κ3) is 3.89. The van der Waals surface area contributed by atoms with Crippen LogP contribution in [-0.2, 0) is 9.47 Å². The zero-order valence-corrected chi connectivity index (χ0v) is 15.0. The van der Waals surface area contributed by atoms with Crippen LogP contribution in [-0.4, -0.2) is 65.2 Å². The molecule has 24 heavy (non-hydrogen) atoms. The van der Waals surface area contributed by atoms with Crippen molar-refractivity contribution in [1.29, 1.82) is 0 Å². The van der Waals surface area contributed by atoms with Gasteiger partial charge in [-0.3, -0.25) is 0 Å². The quantitative estimate of drug-likeness (QED) is 0.771. The lowest BCUT2D eigenvalue weighted by atomic mass is 9.99. The summed E-state index contributed by atoms with van der Waals surface area (Å²) in [5.41, 5.74) is -0.502. The van der Waals surface area contributed by atoms with Crippen molar-refractivity contribution >= 4 is 23.5 Å². The average molecular weight is 355 g/mol. The van der Waals surface area contributed by atoms with Crippen LogP contribution in [0.5, 0.6) is 0 Å². The molecule has 132 valence electrons. The largest absolute Gasteiger partial charge is 0.444 e. The minimum absolute atomic E-state index is 0.0375. The molecule has 0 N–H and O–H groups in total. The van der Waals surface area contributed by atoms with E-state index in [1.165, 1.54) is 0 Å². The molecule has 2 saturated heterocycles. The van der Waals surface area contributed by atoms with Gasteiger partial charge in [0.05, 0.1) is 18.8 Å². The number of halogens is 1. The average Bonchev–Trinajstić information content (AvgIpc) is 2.53. The summed E-state index contributed by atoms with van der Waals surface area (Å²) in [5.74, 6) is 0.753. The summed E-state index contributed by atoms with van der Waals surface area (Å²) < 4.78 is 11.4. The molecule has 0 spiro atoms. The Kier molecular flexibility index (Phi) is 4.83. The molecule has 1 aromatic heterocycles. The maximum absolute atomic E-state index is 12.4. The molecule has 0 radical (unpaired) electrons. The van der Waals surface area contributed by atoms with Gasteiger partial charge in [0, 0.05) is 19.6 Å². The van der Waals surface area contributed by atoms with E-state index in [0.717, 1.165) is 12.2 Å². The van der Waals surface area contributed by atoms with Gasteiger partial charge in [0.15, 0.2) is 11.0 Å². The number of rotatable bonds is 1. The van der Waals surface area contributed by atoms with Gasteiger partial charge < -0.3 is 19.3 Å². The Morgan fingerprint density at radius 3 is 2.79 bits per heavy atom. The smallest absolute Gasteiger partial charge is 0.410 e. The SMILES string of the molecule is CC(C)(C)OC(=O)N1CC[C@H]2OCCN(c3ccc(Cl)nn3)[C@H]2C1. The summed E-state index contributed by atoms with van der Waals surface area (Å²) in [6.07, 6.45) is 0.574. The van der Waals surface area contributed by atoms with Gasteiger partial charge in [-0.2, -0.15) is 0 Å². The topological polar surface area (TPSA) is 67.8 Å². The van der Waals surface area contributed by atoms with E-state index in [1.807, 2.05) is 26.8 Å². The third-order valence-corrected chi connectivity index (χ3v) is 4.35. The minimum Gasteiger partial charge on any atom is -0.444 e. The summed E-state index contributed by atoms with van der Waals surface area (Å²) in [4.78, 5) is 16.3. The molecule has 1 amide bonds. The minimum atomic E-state index is -0.502. The van der Waals surface area contributed by atoms with Gasteiger partial charge >= 0.3 is 6.09 Å². The van der Waals surface area contributed by atoms with E-state index in [-0.39, 0.29) is 18.2 Å². The molecule has 0 bridgehead atoms. The fraction of sp³-hybridized carbons (Fsp3) is 0.688. The number of carbonyl (C=O) groups is 1. The maximum atomic E-state index is 12.4. The van der Waals surface area contributed by atoms with Gasteiger partial charge in [-0.1, -0.05) is 11.6 Å². The van der Waals surface area contributed by atoms with Crippen LogP contribution >= 0.6 is 11.6 Å². The van der Waals surface area contributed by atoms with Crippen molar-refractivity contribution in [2.75, 3.05) is 31.1 Å². The lowest BCUT2D eigenvalue weighted by Crippen LogP contribution is -2.61. The van der Waals surface area contributed by atoms with Gasteiger partial charge in [-0.15, -0.1) is 10.2 Å². The highest BCUT2D eigenvalue weighted by molar-refractivity contribution is 6.29. The number of ether oxygens (including phenoxy) is 2. The molecular formula is C16H23ClN4O3. The van der Waals surface area contributed by atoms with Crippen molar-refractivity contribution in [2.45, 2.75) is 44.9 Å². The number of piperidine rings is 1. The van der Waals surface area contributed by atoms with Crippen LogP contribution in [0.2, 0.25) is 5.15 Å². The molecule has 0 aromatic carbocycles. The van der Waals surface area contributed by atoms with Crippen molar-refractivity contribution < 1.29 is 14.3 Å². The fourth-order valence-electron chi connectivity index (χ4n) is 3.11. The molecule has 2 aliphatic rings. The molecule has 3 rings (SSSR count). The Hall–Kier alpha value is -1.60. The highest BCUT2D eigenvalue weighted by Gasteiger charge is 2.40. The van der Waals surface area contributed by atoms with Crippen LogP contribution in [0.1, 0.15) is 27.2 Å². The lowest BCUT2D eigenvalue weighted by Gasteiger charge is -2.47. The number of hydrogen-bond acceptors (Lipinski definition) is 6. The van der Waals surface area contributed by atoms with Crippen LogP contribution in [0.4, 0.5) is 10.6 Å². The van der Waals surface area contributed by atoms with Crippen molar-refractivity contribution in [1.82, 2.24) is 15.1 Å². The lowest BCUT2D eigenvalue weighted by molar-refractivity contribution is -0.0372. The van der Waals surface area contributed by atoms with Gasteiger partial charge in [0.2, 0.25) is 0 Å². The van der Waals surface area contributed by atoms with E-state index in [0.29, 0.717) is 31.4 Å². The summed E-state index contributed by atoms with van der Waals surface area (Å²) in [5, 5.41) is 8.46. The van der Waals surface area contributed by atoms with Gasteiger partial charge in [0.1, 0.15) is 5.60 Å². The standard InChI is InChI=1S/C16H23ClN4O3/c1-16(2,3)24-15(22)20-7-6-12-11(10-20)21(8-9-23-12)14-5-4-13(17)18-19-14/h4-5,11-12H,6-10H2,1-3H3/t11-,12+/m0/s1. The van der Waals surface area contributed by atoms with Crippen molar-refractivity contribution in [3.63, 3.8) is 0 Å². The first-order valence-corrected chi connectivity index (χ1v) is 8.57. The normalized spacial score (nSPS) is 24.5. The number of fused-ring (bicyclic) bond motifs is 1. The predicted molar refractivity (Wildman–Crippen MR) is 90.3 cm³/mol. The van der Waals surface area contributed by atoms with E-state index < -0.39 is 5.60 Å². The molecule has 2 fully saturated rings. The first-order chi connectivity index (χ1) is 11.3. The summed E-state index contributed by atoms with van der Waals surface area (Å²) in [7, 11) is 0. The number of nitrogens with zero attached hydrogens (tertiary/aromatic N) is 4. The van der Waals surface area contributed by atoms with E-state index in [9.17, 15) is 4.79 Å². The predicted octanol–water partition coefficient (Wildman–Crippen LogP) is 2.34. The Labute approximate surface area is 146 Å². The molecule has 7 nitrogen and oxygen atoms in total. The molecule has 0 aliphatic carbocycles. The first-order valence-electron chi connectivity index (χ1n) is 8.19. The Bertz CT molecular complexity index is 590. The number of amides is 1. The van der Waals surface area contributed by atoms with E-state index in [2.05, 4.69) is 15.1 Å². The molecular weight excluding hydrogens is 332 g/mol. The fourth-order valence-corrected chi connectivity index (χ4v) is 3.21. The second-order valence-electron chi connectivity index (χ2n) is 7.10. The first kappa shape index (κ1) is 17.2. The van der Waals surface area contributed by atoms with E-state index in [1.54, 1.807) is 11.0 Å². The maximum Gasteiger partial charge on any atom is 0.410 e. The summed E-state index contributed by atoms with van der Waals surface area (Å²) >= 11 is 5.83.